The fourth-order valence-corrected chi connectivity index (χ4v) is 5.04. The monoisotopic (exact) mass is 440 g/mol. The fraction of sp³-hybridized carbons (Fsp3) is 0.364. The van der Waals surface area contributed by atoms with E-state index >= 15 is 0 Å². The maximum absolute atomic E-state index is 12.4. The molecule has 1 aromatic heterocycles. The second kappa shape index (κ2) is 9.14. The molecular weight excluding hydrogens is 416 g/mol. The van der Waals surface area contributed by atoms with Gasteiger partial charge < -0.3 is 5.32 Å². The summed E-state index contributed by atoms with van der Waals surface area (Å²) in [7, 11) is 0. The van der Waals surface area contributed by atoms with Crippen molar-refractivity contribution in [1.82, 2.24) is 15.5 Å². The van der Waals surface area contributed by atoms with Crippen molar-refractivity contribution < 1.29 is 9.59 Å². The third-order valence-corrected chi connectivity index (χ3v) is 7.12. The largest absolute Gasteiger partial charge is 0.349 e. The van der Waals surface area contributed by atoms with Gasteiger partial charge in [0.2, 0.25) is 16.9 Å². The Labute approximate surface area is 184 Å². The van der Waals surface area contributed by atoms with E-state index in [1.54, 1.807) is 4.90 Å². The first-order valence-corrected chi connectivity index (χ1v) is 11.9. The van der Waals surface area contributed by atoms with E-state index in [2.05, 4.69) is 45.8 Å². The summed E-state index contributed by atoms with van der Waals surface area (Å²) < 4.78 is 0.702. The first kappa shape index (κ1) is 20.8. The van der Waals surface area contributed by atoms with Crippen LogP contribution in [0, 0.1) is 0 Å². The number of rotatable bonds is 8. The number of benzene rings is 2. The second-order valence-electron chi connectivity index (χ2n) is 7.38. The Kier molecular flexibility index (Phi) is 6.34. The number of carbonyl (C=O) groups excluding carboxylic acids is 2. The molecule has 3 aromatic rings. The fourth-order valence-electron chi connectivity index (χ4n) is 3.30. The molecule has 8 heteroatoms. The molecule has 2 aromatic carbocycles. The average molecular weight is 441 g/mol. The minimum absolute atomic E-state index is 0.0545. The van der Waals surface area contributed by atoms with Gasteiger partial charge in [-0.3, -0.25) is 14.5 Å². The number of nitrogens with one attached hydrogen (secondary N) is 1. The first-order valence-electron chi connectivity index (χ1n) is 10.1. The van der Waals surface area contributed by atoms with E-state index < -0.39 is 0 Å². The number of amides is 2. The normalized spacial score (nSPS) is 14.5. The van der Waals surface area contributed by atoms with E-state index in [1.165, 1.54) is 28.5 Å². The molecule has 0 bridgehead atoms. The number of carbonyl (C=O) groups is 2. The van der Waals surface area contributed by atoms with E-state index in [-0.39, 0.29) is 29.7 Å². The first-order chi connectivity index (χ1) is 14.5. The number of anilines is 1. The number of fused-ring (bicyclic) bond motifs is 1. The highest BCUT2D eigenvalue weighted by atomic mass is 32.2. The third-order valence-electron chi connectivity index (χ3n) is 5.06. The quantitative estimate of drug-likeness (QED) is 0.410. The number of nitrogens with zero attached hydrogens (tertiary/aromatic N) is 3. The lowest BCUT2D eigenvalue weighted by molar-refractivity contribution is -0.119. The molecule has 1 heterocycles. The summed E-state index contributed by atoms with van der Waals surface area (Å²) in [6.07, 6.45) is 2.49. The van der Waals surface area contributed by atoms with Crippen molar-refractivity contribution >= 4 is 50.8 Å². The molecule has 1 saturated carbocycles. The lowest BCUT2D eigenvalue weighted by atomic mass is 10.0. The summed E-state index contributed by atoms with van der Waals surface area (Å²) in [5.74, 6) is 0.283. The Bertz CT molecular complexity index is 1060. The topological polar surface area (TPSA) is 75.2 Å². The van der Waals surface area contributed by atoms with E-state index in [0.717, 1.165) is 23.8 Å². The molecule has 1 aliphatic carbocycles. The van der Waals surface area contributed by atoms with Crippen LogP contribution in [0.25, 0.3) is 10.8 Å². The van der Waals surface area contributed by atoms with Gasteiger partial charge in [-0.25, -0.2) is 0 Å². The van der Waals surface area contributed by atoms with Crippen LogP contribution >= 0.6 is 23.1 Å². The Hall–Kier alpha value is -2.45. The standard InChI is InChI=1S/C22H24N4O2S2/c1-3-20(28)26(18-10-11-18)21-24-25-22(30-21)29-13-19(27)23-14(2)16-9-8-15-6-4-5-7-17(15)12-16/h4-9,12,14,18H,3,10-11,13H2,1-2H3,(H,23,27)/t14-/m0/s1. The van der Waals surface area contributed by atoms with E-state index in [0.29, 0.717) is 15.9 Å². The molecule has 1 N–H and O–H groups in total. The summed E-state index contributed by atoms with van der Waals surface area (Å²) in [6, 6.07) is 14.6. The van der Waals surface area contributed by atoms with Crippen LogP contribution in [0.15, 0.2) is 46.8 Å². The van der Waals surface area contributed by atoms with Crippen molar-refractivity contribution in [3.05, 3.63) is 48.0 Å². The van der Waals surface area contributed by atoms with Gasteiger partial charge in [-0.1, -0.05) is 66.4 Å². The molecule has 0 saturated heterocycles. The number of thioether (sulfide) groups is 1. The molecule has 1 fully saturated rings. The molecule has 0 spiro atoms. The molecule has 0 aliphatic heterocycles. The molecule has 2 amide bonds. The Morgan fingerprint density at radius 1 is 1.20 bits per heavy atom. The van der Waals surface area contributed by atoms with Gasteiger partial charge >= 0.3 is 0 Å². The van der Waals surface area contributed by atoms with Crippen LogP contribution in [0.1, 0.15) is 44.7 Å². The highest BCUT2D eigenvalue weighted by Gasteiger charge is 2.35. The smallest absolute Gasteiger partial charge is 0.230 e. The van der Waals surface area contributed by atoms with Crippen molar-refractivity contribution in [3.63, 3.8) is 0 Å². The minimum atomic E-state index is -0.0831. The zero-order valence-corrected chi connectivity index (χ0v) is 18.6. The molecule has 0 radical (unpaired) electrons. The summed E-state index contributed by atoms with van der Waals surface area (Å²) in [6.45, 7) is 3.84. The summed E-state index contributed by atoms with van der Waals surface area (Å²) in [5.41, 5.74) is 1.07. The van der Waals surface area contributed by atoms with Crippen molar-refractivity contribution in [2.24, 2.45) is 0 Å². The van der Waals surface area contributed by atoms with Crippen molar-refractivity contribution in [2.75, 3.05) is 10.7 Å². The highest BCUT2D eigenvalue weighted by molar-refractivity contribution is 8.01. The molecule has 1 aliphatic rings. The predicted molar refractivity (Wildman–Crippen MR) is 122 cm³/mol. The molecule has 6 nitrogen and oxygen atoms in total. The SMILES string of the molecule is CCC(=O)N(c1nnc(SCC(=O)N[C@@H](C)c2ccc3ccccc3c2)s1)C1CC1. The molecule has 4 rings (SSSR count). The Morgan fingerprint density at radius 2 is 1.97 bits per heavy atom. The minimum Gasteiger partial charge on any atom is -0.349 e. The van der Waals surface area contributed by atoms with Gasteiger partial charge in [0, 0.05) is 12.5 Å². The van der Waals surface area contributed by atoms with E-state index in [1.807, 2.05) is 26.0 Å². The van der Waals surface area contributed by atoms with Gasteiger partial charge in [0.15, 0.2) is 4.34 Å². The van der Waals surface area contributed by atoms with Crippen LogP contribution in [-0.2, 0) is 9.59 Å². The van der Waals surface area contributed by atoms with Gasteiger partial charge in [0.25, 0.3) is 0 Å². The van der Waals surface area contributed by atoms with Gasteiger partial charge in [-0.05, 0) is 42.2 Å². The van der Waals surface area contributed by atoms with Crippen molar-refractivity contribution in [3.8, 4) is 0 Å². The summed E-state index contributed by atoms with van der Waals surface area (Å²) in [5, 5.41) is 14.4. The van der Waals surface area contributed by atoms with Crippen LogP contribution in [0.2, 0.25) is 0 Å². The van der Waals surface area contributed by atoms with Gasteiger partial charge in [-0.2, -0.15) is 0 Å². The van der Waals surface area contributed by atoms with Gasteiger partial charge in [-0.15, -0.1) is 10.2 Å². The zero-order chi connectivity index (χ0) is 21.1. The third kappa shape index (κ3) is 4.82. The molecular formula is C22H24N4O2S2. The van der Waals surface area contributed by atoms with Gasteiger partial charge in [0.05, 0.1) is 11.8 Å². The van der Waals surface area contributed by atoms with Crippen LogP contribution in [0.5, 0.6) is 0 Å². The predicted octanol–water partition coefficient (Wildman–Crippen LogP) is 4.57. The summed E-state index contributed by atoms with van der Waals surface area (Å²) >= 11 is 2.73. The second-order valence-corrected chi connectivity index (χ2v) is 9.56. The maximum atomic E-state index is 12.4. The molecule has 30 heavy (non-hydrogen) atoms. The number of hydrogen-bond donors (Lipinski definition) is 1. The Balaban J connectivity index is 1.33. The zero-order valence-electron chi connectivity index (χ0n) is 17.0. The molecule has 0 unspecified atom stereocenters. The Morgan fingerprint density at radius 3 is 2.70 bits per heavy atom. The van der Waals surface area contributed by atoms with Crippen LogP contribution in [0.3, 0.4) is 0 Å². The lowest BCUT2D eigenvalue weighted by Gasteiger charge is -2.17. The summed E-state index contributed by atoms with van der Waals surface area (Å²) in [4.78, 5) is 26.4. The molecule has 1 atom stereocenters. The van der Waals surface area contributed by atoms with Crippen molar-refractivity contribution in [1.29, 1.82) is 0 Å². The maximum Gasteiger partial charge on any atom is 0.230 e. The lowest BCUT2D eigenvalue weighted by Crippen LogP contribution is -2.32. The van der Waals surface area contributed by atoms with Crippen molar-refractivity contribution in [2.45, 2.75) is 49.5 Å². The van der Waals surface area contributed by atoms with Crippen LogP contribution < -0.4 is 10.2 Å². The van der Waals surface area contributed by atoms with Crippen LogP contribution in [0.4, 0.5) is 5.13 Å². The number of aromatic nitrogens is 2. The van der Waals surface area contributed by atoms with E-state index in [4.69, 9.17) is 0 Å². The molecule has 156 valence electrons. The van der Waals surface area contributed by atoms with E-state index in [9.17, 15) is 9.59 Å². The van der Waals surface area contributed by atoms with Crippen LogP contribution in [-0.4, -0.2) is 33.8 Å². The average Bonchev–Trinajstić information content (AvgIpc) is 3.48. The van der Waals surface area contributed by atoms with Gasteiger partial charge in [0.1, 0.15) is 0 Å². The number of hydrogen-bond acceptors (Lipinski definition) is 6. The highest BCUT2D eigenvalue weighted by Crippen LogP contribution is 2.36.